The average molecular weight is 495 g/mol. The summed E-state index contributed by atoms with van der Waals surface area (Å²) in [6.07, 6.45) is 0.492. The molecular formula is C29H26N4O4. The lowest BCUT2D eigenvalue weighted by atomic mass is 9.80. The van der Waals surface area contributed by atoms with Crippen LogP contribution in [0.2, 0.25) is 0 Å². The third kappa shape index (κ3) is 4.10. The van der Waals surface area contributed by atoms with Crippen molar-refractivity contribution in [3.63, 3.8) is 0 Å². The summed E-state index contributed by atoms with van der Waals surface area (Å²) in [5.41, 5.74) is 2.94. The van der Waals surface area contributed by atoms with Gasteiger partial charge in [-0.25, -0.2) is 15.0 Å². The number of nitrogens with zero attached hydrogens (tertiary/aromatic N) is 4. The summed E-state index contributed by atoms with van der Waals surface area (Å²) in [7, 11) is 0. The van der Waals surface area contributed by atoms with E-state index in [-0.39, 0.29) is 6.61 Å². The van der Waals surface area contributed by atoms with Crippen molar-refractivity contribution in [2.24, 2.45) is 0 Å². The number of hydrogen-bond acceptors (Lipinski definition) is 7. The number of benzene rings is 3. The van der Waals surface area contributed by atoms with Crippen LogP contribution in [0.15, 0.2) is 110 Å². The standard InChI is InChI=1S/C29H26N4O4/c34-25-24(37-28(26(25)35)33-19-32-23-16-30-18-31-27(23)33)17-36-29(20-10-4-1-5-11-20,21-12-6-2-7-13-21)22-14-8-3-9-15-22/h1-16,18-19,24-26,28,34-35H,17H2/t24-,25-,26-,28-/m1/s1. The molecule has 0 radical (unpaired) electrons. The summed E-state index contributed by atoms with van der Waals surface area (Å²) >= 11 is 0. The molecule has 0 saturated carbocycles. The fraction of sp³-hybridized carbons (Fsp3) is 0.207. The average Bonchev–Trinajstić information content (AvgIpc) is 3.51. The molecule has 0 spiro atoms. The van der Waals surface area contributed by atoms with Crippen molar-refractivity contribution < 1.29 is 19.7 Å². The second-order valence-electron chi connectivity index (χ2n) is 9.02. The van der Waals surface area contributed by atoms with Crippen LogP contribution in [0.1, 0.15) is 22.9 Å². The normalized spacial score (nSPS) is 21.9. The molecule has 8 heteroatoms. The minimum atomic E-state index is -1.19. The molecule has 1 aliphatic heterocycles. The first-order valence-corrected chi connectivity index (χ1v) is 12.1. The van der Waals surface area contributed by atoms with Gasteiger partial charge in [0.2, 0.25) is 0 Å². The summed E-state index contributed by atoms with van der Waals surface area (Å²) in [5.74, 6) is 0. The fourth-order valence-electron chi connectivity index (χ4n) is 5.04. The van der Waals surface area contributed by atoms with Crippen LogP contribution in [0.3, 0.4) is 0 Å². The Morgan fingerprint density at radius 1 is 0.784 bits per heavy atom. The number of imidazole rings is 1. The highest BCUT2D eigenvalue weighted by atomic mass is 16.6. The van der Waals surface area contributed by atoms with E-state index in [0.717, 1.165) is 16.7 Å². The second-order valence-corrected chi connectivity index (χ2v) is 9.02. The molecule has 4 atom stereocenters. The van der Waals surface area contributed by atoms with E-state index in [2.05, 4.69) is 15.0 Å². The van der Waals surface area contributed by atoms with Crippen LogP contribution in [0.5, 0.6) is 0 Å². The van der Waals surface area contributed by atoms with Gasteiger partial charge in [0.15, 0.2) is 11.9 Å². The molecule has 0 unspecified atom stereocenters. The van der Waals surface area contributed by atoms with Crippen molar-refractivity contribution in [2.45, 2.75) is 30.1 Å². The van der Waals surface area contributed by atoms with E-state index in [9.17, 15) is 10.2 Å². The van der Waals surface area contributed by atoms with E-state index in [1.165, 1.54) is 12.7 Å². The maximum atomic E-state index is 11.0. The molecule has 5 aromatic rings. The molecule has 1 saturated heterocycles. The van der Waals surface area contributed by atoms with E-state index >= 15 is 0 Å². The SMILES string of the molecule is O[C@@H]1[C@H](O)[C@@H](COC(c2ccccc2)(c2ccccc2)c2ccccc2)O[C@H]1n1cnc2cncnc21. The lowest BCUT2D eigenvalue weighted by molar-refractivity contribution is -0.0942. The molecule has 6 rings (SSSR count). The van der Waals surface area contributed by atoms with Gasteiger partial charge in [-0.1, -0.05) is 91.0 Å². The van der Waals surface area contributed by atoms with Gasteiger partial charge in [-0.3, -0.25) is 4.57 Å². The second kappa shape index (κ2) is 9.84. The van der Waals surface area contributed by atoms with Crippen LogP contribution in [-0.4, -0.2) is 54.7 Å². The molecule has 3 heterocycles. The summed E-state index contributed by atoms with van der Waals surface area (Å²) in [5, 5.41) is 21.9. The smallest absolute Gasteiger partial charge is 0.165 e. The largest absolute Gasteiger partial charge is 0.387 e. The number of hydrogen-bond donors (Lipinski definition) is 2. The van der Waals surface area contributed by atoms with Gasteiger partial charge < -0.3 is 19.7 Å². The van der Waals surface area contributed by atoms with Gasteiger partial charge in [0, 0.05) is 0 Å². The number of aliphatic hydroxyl groups is 2. The summed E-state index contributed by atoms with van der Waals surface area (Å²) in [6.45, 7) is 0.0228. The van der Waals surface area contributed by atoms with Crippen LogP contribution in [-0.2, 0) is 15.1 Å². The number of ether oxygens (including phenoxy) is 2. The lowest BCUT2D eigenvalue weighted by Gasteiger charge is -2.37. The number of fused-ring (bicyclic) bond motifs is 1. The number of rotatable bonds is 7. The van der Waals surface area contributed by atoms with Gasteiger partial charge in [-0.2, -0.15) is 0 Å². The lowest BCUT2D eigenvalue weighted by Crippen LogP contribution is -2.39. The molecule has 2 aromatic heterocycles. The monoisotopic (exact) mass is 494 g/mol. The zero-order chi connectivity index (χ0) is 25.2. The van der Waals surface area contributed by atoms with Crippen molar-refractivity contribution in [3.8, 4) is 0 Å². The maximum Gasteiger partial charge on any atom is 0.165 e. The van der Waals surface area contributed by atoms with Crippen molar-refractivity contribution in [2.75, 3.05) is 6.61 Å². The van der Waals surface area contributed by atoms with Gasteiger partial charge in [0.05, 0.1) is 19.1 Å². The topological polar surface area (TPSA) is 103 Å². The zero-order valence-corrected chi connectivity index (χ0v) is 19.9. The molecule has 1 aliphatic rings. The number of aliphatic hydroxyl groups excluding tert-OH is 2. The van der Waals surface area contributed by atoms with Crippen LogP contribution >= 0.6 is 0 Å². The molecule has 3 aromatic carbocycles. The predicted molar refractivity (Wildman–Crippen MR) is 136 cm³/mol. The highest BCUT2D eigenvalue weighted by Crippen LogP contribution is 2.41. The third-order valence-electron chi connectivity index (χ3n) is 6.85. The zero-order valence-electron chi connectivity index (χ0n) is 19.9. The quantitative estimate of drug-likeness (QED) is 0.334. The van der Waals surface area contributed by atoms with Gasteiger partial charge >= 0.3 is 0 Å². The Morgan fingerprint density at radius 2 is 1.35 bits per heavy atom. The van der Waals surface area contributed by atoms with Gasteiger partial charge in [0.25, 0.3) is 0 Å². The molecule has 0 amide bonds. The minimum Gasteiger partial charge on any atom is -0.387 e. The van der Waals surface area contributed by atoms with Crippen LogP contribution in [0.4, 0.5) is 0 Å². The summed E-state index contributed by atoms with van der Waals surface area (Å²) in [6, 6.07) is 29.9. The predicted octanol–water partition coefficient (Wildman–Crippen LogP) is 3.45. The van der Waals surface area contributed by atoms with E-state index in [4.69, 9.17) is 9.47 Å². The third-order valence-corrected chi connectivity index (χ3v) is 6.85. The van der Waals surface area contributed by atoms with Gasteiger partial charge in [0.1, 0.15) is 35.8 Å². The highest BCUT2D eigenvalue weighted by Gasteiger charge is 2.46. The Kier molecular flexibility index (Phi) is 6.23. The van der Waals surface area contributed by atoms with Crippen LogP contribution in [0, 0.1) is 0 Å². The first-order valence-electron chi connectivity index (χ1n) is 12.1. The minimum absolute atomic E-state index is 0.0228. The van der Waals surface area contributed by atoms with Crippen molar-refractivity contribution >= 4 is 11.2 Å². The summed E-state index contributed by atoms with van der Waals surface area (Å²) < 4.78 is 14.6. The van der Waals surface area contributed by atoms with E-state index in [1.807, 2.05) is 91.0 Å². The Hall–Kier alpha value is -3.95. The van der Waals surface area contributed by atoms with Gasteiger partial charge in [-0.05, 0) is 16.7 Å². The van der Waals surface area contributed by atoms with E-state index < -0.39 is 30.1 Å². The Balaban J connectivity index is 1.36. The van der Waals surface area contributed by atoms with Crippen molar-refractivity contribution in [3.05, 3.63) is 127 Å². The molecule has 0 aliphatic carbocycles. The van der Waals surface area contributed by atoms with E-state index in [0.29, 0.717) is 11.2 Å². The summed E-state index contributed by atoms with van der Waals surface area (Å²) in [4.78, 5) is 12.5. The molecule has 2 N–H and O–H groups in total. The first-order chi connectivity index (χ1) is 18.2. The number of aromatic nitrogens is 4. The van der Waals surface area contributed by atoms with Crippen molar-refractivity contribution in [1.29, 1.82) is 0 Å². The molecule has 8 nitrogen and oxygen atoms in total. The van der Waals surface area contributed by atoms with Crippen LogP contribution < -0.4 is 0 Å². The molecule has 0 bridgehead atoms. The molecule has 37 heavy (non-hydrogen) atoms. The molecule has 1 fully saturated rings. The first kappa shape index (κ1) is 23.4. The Bertz CT molecular complexity index is 1370. The molecular weight excluding hydrogens is 468 g/mol. The van der Waals surface area contributed by atoms with Gasteiger partial charge in [-0.15, -0.1) is 0 Å². The molecule has 186 valence electrons. The fourth-order valence-corrected chi connectivity index (χ4v) is 5.04. The van der Waals surface area contributed by atoms with Crippen LogP contribution in [0.25, 0.3) is 11.2 Å². The Labute approximate surface area is 213 Å². The van der Waals surface area contributed by atoms with E-state index in [1.54, 1.807) is 10.8 Å². The Morgan fingerprint density at radius 3 is 1.92 bits per heavy atom. The highest BCUT2D eigenvalue weighted by molar-refractivity contribution is 5.69. The van der Waals surface area contributed by atoms with Crippen molar-refractivity contribution in [1.82, 2.24) is 19.5 Å². The maximum absolute atomic E-state index is 11.0.